The summed E-state index contributed by atoms with van der Waals surface area (Å²) in [6, 6.07) is 10.1. The topological polar surface area (TPSA) is 71.3 Å². The maximum Gasteiger partial charge on any atom is 0.416 e. The van der Waals surface area contributed by atoms with E-state index < -0.39 is 11.7 Å². The summed E-state index contributed by atoms with van der Waals surface area (Å²) in [5, 5.41) is 10.8. The van der Waals surface area contributed by atoms with Gasteiger partial charge in [-0.25, -0.2) is 4.39 Å². The molecule has 0 atom stereocenters. The van der Waals surface area contributed by atoms with Crippen molar-refractivity contribution in [2.24, 2.45) is 0 Å². The van der Waals surface area contributed by atoms with Crippen molar-refractivity contribution in [3.8, 4) is 11.5 Å². The highest BCUT2D eigenvalue weighted by atomic mass is 19.4. The summed E-state index contributed by atoms with van der Waals surface area (Å²) in [6.45, 7) is 1.41. The lowest BCUT2D eigenvalue weighted by Crippen LogP contribution is -2.38. The molecule has 1 aromatic heterocycles. The standard InChI is InChI=1S/C22H20F4N4O2/c23-17-5-1-14(2-6-17)20-28-29-21(32-20)15-9-11-30(12-10-15)13-19(31)27-18-7-3-16(4-8-18)22(24,25)26/h1-8,15H,9-13H2,(H,27,31). The molecule has 2 heterocycles. The molecule has 4 rings (SSSR count). The second-order valence-corrected chi connectivity index (χ2v) is 7.63. The molecule has 0 bridgehead atoms. The van der Waals surface area contributed by atoms with Crippen LogP contribution < -0.4 is 5.32 Å². The van der Waals surface area contributed by atoms with Crippen LogP contribution in [0.15, 0.2) is 52.9 Å². The number of anilines is 1. The van der Waals surface area contributed by atoms with Crippen LogP contribution in [0.5, 0.6) is 0 Å². The third kappa shape index (κ3) is 5.31. The molecule has 1 aliphatic rings. The Hall–Kier alpha value is -3.27. The van der Waals surface area contributed by atoms with Crippen LogP contribution in [-0.2, 0) is 11.0 Å². The number of hydrogen-bond acceptors (Lipinski definition) is 5. The van der Waals surface area contributed by atoms with Gasteiger partial charge in [0.1, 0.15) is 5.82 Å². The van der Waals surface area contributed by atoms with Crippen LogP contribution in [0.2, 0.25) is 0 Å². The zero-order valence-electron chi connectivity index (χ0n) is 16.9. The highest BCUT2D eigenvalue weighted by molar-refractivity contribution is 5.92. The fraction of sp³-hybridized carbons (Fsp3) is 0.318. The summed E-state index contributed by atoms with van der Waals surface area (Å²) < 4.78 is 56.7. The first-order chi connectivity index (χ1) is 15.3. The molecule has 0 aliphatic carbocycles. The van der Waals surface area contributed by atoms with Gasteiger partial charge in [-0.2, -0.15) is 13.2 Å². The molecule has 168 valence electrons. The number of rotatable bonds is 5. The molecule has 1 amide bonds. The van der Waals surface area contributed by atoms with Gasteiger partial charge in [0, 0.05) is 17.2 Å². The number of carbonyl (C=O) groups is 1. The van der Waals surface area contributed by atoms with E-state index in [0.29, 0.717) is 36.1 Å². The van der Waals surface area contributed by atoms with E-state index in [4.69, 9.17) is 4.42 Å². The molecule has 1 saturated heterocycles. The zero-order chi connectivity index (χ0) is 22.7. The molecule has 1 N–H and O–H groups in total. The van der Waals surface area contributed by atoms with Gasteiger partial charge in [-0.3, -0.25) is 9.69 Å². The lowest BCUT2D eigenvalue weighted by molar-refractivity contribution is -0.137. The number of alkyl halides is 3. The Kier molecular flexibility index (Phi) is 6.22. The number of halogens is 4. The summed E-state index contributed by atoms with van der Waals surface area (Å²) in [7, 11) is 0. The van der Waals surface area contributed by atoms with Crippen molar-refractivity contribution < 1.29 is 26.8 Å². The van der Waals surface area contributed by atoms with Crippen LogP contribution in [0.25, 0.3) is 11.5 Å². The van der Waals surface area contributed by atoms with Gasteiger partial charge in [0.15, 0.2) is 0 Å². The first kappa shape index (κ1) is 21.9. The average molecular weight is 448 g/mol. The Morgan fingerprint density at radius 2 is 1.69 bits per heavy atom. The van der Waals surface area contributed by atoms with E-state index in [2.05, 4.69) is 15.5 Å². The monoisotopic (exact) mass is 448 g/mol. The van der Waals surface area contributed by atoms with Gasteiger partial charge < -0.3 is 9.73 Å². The number of nitrogens with one attached hydrogen (secondary N) is 1. The molecule has 0 radical (unpaired) electrons. The van der Waals surface area contributed by atoms with Crippen LogP contribution >= 0.6 is 0 Å². The van der Waals surface area contributed by atoms with E-state index >= 15 is 0 Å². The zero-order valence-corrected chi connectivity index (χ0v) is 16.9. The SMILES string of the molecule is O=C(CN1CCC(c2nnc(-c3ccc(F)cc3)o2)CC1)Nc1ccc(C(F)(F)F)cc1. The molecular weight excluding hydrogens is 428 g/mol. The Balaban J connectivity index is 1.27. The maximum atomic E-state index is 13.1. The molecule has 0 unspecified atom stereocenters. The summed E-state index contributed by atoms with van der Waals surface area (Å²) >= 11 is 0. The Morgan fingerprint density at radius 3 is 2.31 bits per heavy atom. The largest absolute Gasteiger partial charge is 0.420 e. The molecule has 0 saturated carbocycles. The fourth-order valence-electron chi connectivity index (χ4n) is 3.59. The van der Waals surface area contributed by atoms with Crippen LogP contribution in [0.1, 0.15) is 30.2 Å². The van der Waals surface area contributed by atoms with E-state index in [1.54, 1.807) is 12.1 Å². The molecule has 0 spiro atoms. The van der Waals surface area contributed by atoms with Crippen molar-refractivity contribution in [3.63, 3.8) is 0 Å². The minimum atomic E-state index is -4.41. The van der Waals surface area contributed by atoms with Gasteiger partial charge in [-0.15, -0.1) is 10.2 Å². The van der Waals surface area contributed by atoms with Crippen molar-refractivity contribution in [3.05, 3.63) is 65.8 Å². The van der Waals surface area contributed by atoms with Crippen LogP contribution in [0, 0.1) is 5.82 Å². The molecular formula is C22H20F4N4O2. The van der Waals surface area contributed by atoms with Crippen molar-refractivity contribution >= 4 is 11.6 Å². The Morgan fingerprint density at radius 1 is 1.03 bits per heavy atom. The average Bonchev–Trinajstić information content (AvgIpc) is 3.25. The van der Waals surface area contributed by atoms with Crippen LogP contribution in [-0.4, -0.2) is 40.6 Å². The second kappa shape index (κ2) is 9.07. The number of carbonyl (C=O) groups excluding carboxylic acids is 1. The van der Waals surface area contributed by atoms with Crippen molar-refractivity contribution in [2.75, 3.05) is 25.0 Å². The normalized spacial score (nSPS) is 15.6. The van der Waals surface area contributed by atoms with Gasteiger partial charge >= 0.3 is 6.18 Å². The van der Waals surface area contributed by atoms with Gasteiger partial charge in [0.2, 0.25) is 17.7 Å². The lowest BCUT2D eigenvalue weighted by atomic mass is 9.97. The van der Waals surface area contributed by atoms with E-state index in [1.165, 1.54) is 24.3 Å². The molecule has 3 aromatic rings. The number of likely N-dealkylation sites (tertiary alicyclic amines) is 1. The van der Waals surface area contributed by atoms with Gasteiger partial charge in [-0.05, 0) is 74.5 Å². The summed E-state index contributed by atoms with van der Waals surface area (Å²) in [6.07, 6.45) is -2.97. The van der Waals surface area contributed by atoms with Crippen LogP contribution in [0.3, 0.4) is 0 Å². The number of aromatic nitrogens is 2. The molecule has 10 heteroatoms. The maximum absolute atomic E-state index is 13.1. The lowest BCUT2D eigenvalue weighted by Gasteiger charge is -2.29. The first-order valence-electron chi connectivity index (χ1n) is 10.1. The molecule has 6 nitrogen and oxygen atoms in total. The number of benzene rings is 2. The van der Waals surface area contributed by atoms with Crippen molar-refractivity contribution in [2.45, 2.75) is 24.9 Å². The highest BCUT2D eigenvalue weighted by Crippen LogP contribution is 2.31. The van der Waals surface area contributed by atoms with E-state index in [-0.39, 0.29) is 24.2 Å². The van der Waals surface area contributed by atoms with Crippen LogP contribution in [0.4, 0.5) is 23.2 Å². The fourth-order valence-corrected chi connectivity index (χ4v) is 3.59. The second-order valence-electron chi connectivity index (χ2n) is 7.63. The molecule has 32 heavy (non-hydrogen) atoms. The summed E-state index contributed by atoms with van der Waals surface area (Å²) in [5.41, 5.74) is 0.195. The predicted octanol–water partition coefficient (Wildman–Crippen LogP) is 4.71. The third-order valence-electron chi connectivity index (χ3n) is 5.33. The summed E-state index contributed by atoms with van der Waals surface area (Å²) in [5.74, 6) is 0.269. The molecule has 1 fully saturated rings. The van der Waals surface area contributed by atoms with Gasteiger partial charge in [0.25, 0.3) is 0 Å². The van der Waals surface area contributed by atoms with Crippen molar-refractivity contribution in [1.82, 2.24) is 15.1 Å². The number of hydrogen-bond donors (Lipinski definition) is 1. The quantitative estimate of drug-likeness (QED) is 0.573. The first-order valence-corrected chi connectivity index (χ1v) is 10.1. The number of piperidine rings is 1. The minimum Gasteiger partial charge on any atom is -0.420 e. The van der Waals surface area contributed by atoms with Gasteiger partial charge in [-0.1, -0.05) is 0 Å². The number of amides is 1. The van der Waals surface area contributed by atoms with Crippen molar-refractivity contribution in [1.29, 1.82) is 0 Å². The highest BCUT2D eigenvalue weighted by Gasteiger charge is 2.30. The van der Waals surface area contributed by atoms with E-state index in [1.807, 2.05) is 4.90 Å². The van der Waals surface area contributed by atoms with Gasteiger partial charge in [0.05, 0.1) is 12.1 Å². The third-order valence-corrected chi connectivity index (χ3v) is 5.33. The smallest absolute Gasteiger partial charge is 0.416 e. The molecule has 1 aliphatic heterocycles. The Labute approximate surface area is 181 Å². The van der Waals surface area contributed by atoms with E-state index in [0.717, 1.165) is 25.0 Å². The van der Waals surface area contributed by atoms with E-state index in [9.17, 15) is 22.4 Å². The summed E-state index contributed by atoms with van der Waals surface area (Å²) in [4.78, 5) is 14.2. The minimum absolute atomic E-state index is 0.0610. The predicted molar refractivity (Wildman–Crippen MR) is 108 cm³/mol. The molecule has 2 aromatic carbocycles. The Bertz CT molecular complexity index is 1060. The number of nitrogens with zero attached hydrogens (tertiary/aromatic N) is 3.